The van der Waals surface area contributed by atoms with Crippen molar-refractivity contribution < 1.29 is 4.74 Å². The van der Waals surface area contributed by atoms with Gasteiger partial charge in [-0.25, -0.2) is 19.9 Å². The van der Waals surface area contributed by atoms with Crippen LogP contribution >= 0.6 is 0 Å². The van der Waals surface area contributed by atoms with E-state index in [4.69, 9.17) is 15.9 Å². The van der Waals surface area contributed by atoms with Gasteiger partial charge in [-0.05, 0) is 32.4 Å². The lowest BCUT2D eigenvalue weighted by atomic mass is 10.0. The maximum atomic E-state index is 8.82. The van der Waals surface area contributed by atoms with Gasteiger partial charge in [0.2, 0.25) is 5.95 Å². The number of imidazole rings is 1. The van der Waals surface area contributed by atoms with Crippen LogP contribution in [0, 0.1) is 26.2 Å². The Bertz CT molecular complexity index is 1340. The van der Waals surface area contributed by atoms with Crippen molar-refractivity contribution >= 4 is 34.7 Å². The lowest BCUT2D eigenvalue weighted by molar-refractivity contribution is 0.393. The third-order valence-electron chi connectivity index (χ3n) is 4.94. The number of methoxy groups -OCH3 is 1. The second-order valence-corrected chi connectivity index (χ2v) is 7.49. The molecule has 33 heavy (non-hydrogen) atoms. The van der Waals surface area contributed by atoms with E-state index in [2.05, 4.69) is 40.7 Å². The molecule has 0 spiro atoms. The Morgan fingerprint density at radius 3 is 2.64 bits per heavy atom. The number of rotatable bonds is 7. The molecule has 6 N–H and O–H groups in total. The molecule has 0 saturated carbocycles. The summed E-state index contributed by atoms with van der Waals surface area (Å²) in [5, 5.41) is 19.3. The fourth-order valence-corrected chi connectivity index (χ4v) is 3.34. The number of aromatic nitrogens is 7. The Morgan fingerprint density at radius 2 is 1.94 bits per heavy atom. The van der Waals surface area contributed by atoms with Crippen molar-refractivity contribution in [2.45, 2.75) is 20.8 Å². The molecule has 4 aromatic heterocycles. The summed E-state index contributed by atoms with van der Waals surface area (Å²) in [4.78, 5) is 20.7. The predicted octanol–water partition coefficient (Wildman–Crippen LogP) is 2.75. The number of pyridine rings is 1. The molecule has 0 radical (unpaired) electrons. The van der Waals surface area contributed by atoms with Crippen LogP contribution in [0.2, 0.25) is 0 Å². The maximum absolute atomic E-state index is 8.82. The van der Waals surface area contributed by atoms with Crippen molar-refractivity contribution in [3.63, 3.8) is 0 Å². The molecule has 0 bridgehead atoms. The third-order valence-corrected chi connectivity index (χ3v) is 4.94. The van der Waals surface area contributed by atoms with Crippen molar-refractivity contribution in [3.8, 4) is 5.88 Å². The van der Waals surface area contributed by atoms with Gasteiger partial charge >= 0.3 is 0 Å². The van der Waals surface area contributed by atoms with Crippen LogP contribution in [0.25, 0.3) is 0 Å². The van der Waals surface area contributed by atoms with Gasteiger partial charge in [0.15, 0.2) is 11.6 Å². The first-order valence-electron chi connectivity index (χ1n) is 10.1. The number of ether oxygens (including phenoxy) is 1. The molecule has 170 valence electrons. The van der Waals surface area contributed by atoms with E-state index in [9.17, 15) is 0 Å². The van der Waals surface area contributed by atoms with Crippen LogP contribution in [0.15, 0.2) is 24.7 Å². The number of hydrogen-bond acceptors (Lipinski definition) is 10. The normalized spacial score (nSPS) is 10.8. The Hall–Kier alpha value is -4.48. The van der Waals surface area contributed by atoms with Crippen LogP contribution in [0.1, 0.15) is 28.3 Å². The minimum atomic E-state index is 0.147. The number of aryl methyl sites for hydroxylation is 4. The molecule has 12 nitrogen and oxygen atoms in total. The topological polar surface area (TPSA) is 168 Å². The lowest BCUT2D eigenvalue weighted by Gasteiger charge is -2.14. The van der Waals surface area contributed by atoms with Gasteiger partial charge in [0.1, 0.15) is 11.5 Å². The number of nitrogen functional groups attached to an aromatic ring is 1. The number of nitrogens with one attached hydrogen (secondary N) is 4. The first-order valence-corrected chi connectivity index (χ1v) is 10.1. The SMILES string of the molecule is COc1nn(C)cc1Nc1ncc(C)c(C(=N)c2ccnc(Nc3nc(C)[nH]c3C)c2N)n1. The van der Waals surface area contributed by atoms with Gasteiger partial charge in [-0.3, -0.25) is 10.1 Å². The summed E-state index contributed by atoms with van der Waals surface area (Å²) in [6, 6.07) is 1.68. The fraction of sp³-hybridized carbons (Fsp3) is 0.238. The van der Waals surface area contributed by atoms with E-state index in [1.165, 1.54) is 7.11 Å². The van der Waals surface area contributed by atoms with Crippen LogP contribution in [0.5, 0.6) is 5.88 Å². The van der Waals surface area contributed by atoms with Crippen molar-refractivity contribution in [2.24, 2.45) is 7.05 Å². The monoisotopic (exact) mass is 447 g/mol. The molecule has 4 heterocycles. The van der Waals surface area contributed by atoms with Gasteiger partial charge < -0.3 is 26.1 Å². The van der Waals surface area contributed by atoms with E-state index in [1.807, 2.05) is 20.8 Å². The summed E-state index contributed by atoms with van der Waals surface area (Å²) in [5.41, 5.74) is 9.99. The predicted molar refractivity (Wildman–Crippen MR) is 126 cm³/mol. The molecular weight excluding hydrogens is 422 g/mol. The Balaban J connectivity index is 1.65. The Labute approximate surface area is 190 Å². The summed E-state index contributed by atoms with van der Waals surface area (Å²) in [5.74, 6) is 2.54. The molecule has 0 saturated heterocycles. The number of nitrogens with two attached hydrogens (primary N) is 1. The number of H-pyrrole nitrogens is 1. The van der Waals surface area contributed by atoms with Gasteiger partial charge in [0.25, 0.3) is 5.88 Å². The molecular formula is C21H25N11O. The lowest BCUT2D eigenvalue weighted by Crippen LogP contribution is -2.13. The van der Waals surface area contributed by atoms with Crippen molar-refractivity contribution in [3.05, 3.63) is 53.0 Å². The van der Waals surface area contributed by atoms with E-state index in [-0.39, 0.29) is 5.71 Å². The van der Waals surface area contributed by atoms with Gasteiger partial charge in [-0.2, -0.15) is 0 Å². The summed E-state index contributed by atoms with van der Waals surface area (Å²) in [6.07, 6.45) is 4.99. The number of anilines is 5. The highest BCUT2D eigenvalue weighted by molar-refractivity contribution is 6.14. The fourth-order valence-electron chi connectivity index (χ4n) is 3.34. The van der Waals surface area contributed by atoms with E-state index >= 15 is 0 Å². The van der Waals surface area contributed by atoms with Crippen LogP contribution in [0.4, 0.5) is 29.0 Å². The molecule has 12 heteroatoms. The van der Waals surface area contributed by atoms with Gasteiger partial charge in [-0.15, -0.1) is 5.10 Å². The number of hydrogen-bond donors (Lipinski definition) is 5. The average molecular weight is 448 g/mol. The first-order chi connectivity index (χ1) is 15.8. The van der Waals surface area contributed by atoms with Crippen LogP contribution in [-0.2, 0) is 7.05 Å². The zero-order chi connectivity index (χ0) is 23.7. The molecule has 4 rings (SSSR count). The first kappa shape index (κ1) is 21.7. The molecule has 0 aliphatic carbocycles. The second-order valence-electron chi connectivity index (χ2n) is 7.49. The minimum Gasteiger partial charge on any atom is -0.478 e. The second kappa shape index (κ2) is 8.57. The molecule has 0 unspecified atom stereocenters. The average Bonchev–Trinajstić information content (AvgIpc) is 3.30. The van der Waals surface area contributed by atoms with Gasteiger partial charge in [0, 0.05) is 25.0 Å². The Kier molecular flexibility index (Phi) is 5.65. The summed E-state index contributed by atoms with van der Waals surface area (Å²) < 4.78 is 6.88. The molecule has 4 aromatic rings. The van der Waals surface area contributed by atoms with E-state index in [1.54, 1.807) is 36.4 Å². The van der Waals surface area contributed by atoms with Gasteiger partial charge in [0.05, 0.1) is 36.1 Å². The molecule has 0 fully saturated rings. The number of nitrogens with zero attached hydrogens (tertiary/aromatic N) is 6. The molecule has 0 aromatic carbocycles. The highest BCUT2D eigenvalue weighted by Gasteiger charge is 2.18. The smallest absolute Gasteiger partial charge is 0.256 e. The third kappa shape index (κ3) is 4.31. The minimum absolute atomic E-state index is 0.147. The zero-order valence-corrected chi connectivity index (χ0v) is 19.0. The van der Waals surface area contributed by atoms with Crippen molar-refractivity contribution in [1.29, 1.82) is 5.41 Å². The zero-order valence-electron chi connectivity index (χ0n) is 19.0. The number of aromatic amines is 1. The van der Waals surface area contributed by atoms with Crippen LogP contribution in [-0.4, -0.2) is 47.5 Å². The van der Waals surface area contributed by atoms with Crippen LogP contribution < -0.4 is 21.1 Å². The van der Waals surface area contributed by atoms with Gasteiger partial charge in [-0.1, -0.05) is 0 Å². The quantitative estimate of drug-likeness (QED) is 0.267. The van der Waals surface area contributed by atoms with E-state index in [0.717, 1.165) is 17.1 Å². The van der Waals surface area contributed by atoms with E-state index < -0.39 is 0 Å². The van der Waals surface area contributed by atoms with Crippen LogP contribution in [0.3, 0.4) is 0 Å². The maximum Gasteiger partial charge on any atom is 0.256 e. The summed E-state index contributed by atoms with van der Waals surface area (Å²) in [6.45, 7) is 5.61. The largest absolute Gasteiger partial charge is 0.478 e. The molecule has 0 aliphatic rings. The summed E-state index contributed by atoms with van der Waals surface area (Å²) in [7, 11) is 3.32. The standard InChI is InChI=1S/C21H25N11O/c1-10-8-25-21(28-14-9-32(4)31-20(14)33-5)29-17(10)15(22)13-6-7-24-19(16(13)23)30-18-11(2)26-12(3)27-18/h6-9,22H,23H2,1-5H3,(H,24,30)(H,26,27)(H,25,28,29). The molecule has 0 aliphatic heterocycles. The highest BCUT2D eigenvalue weighted by Crippen LogP contribution is 2.28. The van der Waals surface area contributed by atoms with Crippen molar-refractivity contribution in [2.75, 3.05) is 23.5 Å². The van der Waals surface area contributed by atoms with E-state index in [0.29, 0.717) is 46.1 Å². The summed E-state index contributed by atoms with van der Waals surface area (Å²) >= 11 is 0. The Morgan fingerprint density at radius 1 is 1.15 bits per heavy atom. The molecule has 0 amide bonds. The highest BCUT2D eigenvalue weighted by atomic mass is 16.5. The van der Waals surface area contributed by atoms with Crippen molar-refractivity contribution in [1.82, 2.24) is 34.7 Å². The molecule has 0 atom stereocenters.